The molecule has 36 valence electrons. The zero-order valence-electron chi connectivity index (χ0n) is 3.74. The molecule has 0 aliphatic rings. The molecule has 1 nitrogen and oxygen atoms in total. The fourth-order valence-corrected chi connectivity index (χ4v) is 0.417. The van der Waals surface area contributed by atoms with Gasteiger partial charge in [0, 0.05) is 11.5 Å². The first-order valence-electron chi connectivity index (χ1n) is 1.80. The highest BCUT2D eigenvalue weighted by Crippen LogP contribution is 1.78. The number of nitrogens with one attached hydrogen (secondary N) is 1. The van der Waals surface area contributed by atoms with Crippen molar-refractivity contribution in [1.29, 1.82) is 0 Å². The summed E-state index contributed by atoms with van der Waals surface area (Å²) >= 11 is 2.28. The van der Waals surface area contributed by atoms with E-state index in [4.69, 9.17) is 0 Å². The fourth-order valence-electron chi connectivity index (χ4n) is 0.162. The van der Waals surface area contributed by atoms with Gasteiger partial charge in [0.25, 0.3) is 0 Å². The van der Waals surface area contributed by atoms with Crippen molar-refractivity contribution in [2.45, 2.75) is 0 Å². The van der Waals surface area contributed by atoms with Crippen molar-refractivity contribution in [1.82, 2.24) is 5.32 Å². The van der Waals surface area contributed by atoms with Gasteiger partial charge in [-0.2, -0.15) is 0 Å². The molecule has 0 fully saturated rings. The number of halogens is 1. The summed E-state index contributed by atoms with van der Waals surface area (Å²) in [6.07, 6.45) is 3.98. The van der Waals surface area contributed by atoms with E-state index in [-0.39, 0.29) is 0 Å². The molecular weight excluding hydrogens is 189 g/mol. The summed E-state index contributed by atoms with van der Waals surface area (Å²) in [7, 11) is 1.89. The second-order valence-electron chi connectivity index (χ2n) is 0.845. The van der Waals surface area contributed by atoms with Crippen molar-refractivity contribution >= 4 is 22.6 Å². The lowest BCUT2D eigenvalue weighted by Gasteiger charge is -1.78. The number of alkyl halides is 1. The van der Waals surface area contributed by atoms with E-state index < -0.39 is 0 Å². The molecule has 0 unspecified atom stereocenters. The van der Waals surface area contributed by atoms with Crippen LogP contribution in [0.15, 0.2) is 12.3 Å². The molecule has 0 atom stereocenters. The van der Waals surface area contributed by atoms with Crippen molar-refractivity contribution in [3.8, 4) is 0 Å². The van der Waals surface area contributed by atoms with Crippen molar-refractivity contribution in [2.24, 2.45) is 0 Å². The molecule has 0 radical (unpaired) electrons. The first-order chi connectivity index (χ1) is 2.91. The van der Waals surface area contributed by atoms with Gasteiger partial charge in [-0.1, -0.05) is 28.7 Å². The van der Waals surface area contributed by atoms with Gasteiger partial charge in [-0.15, -0.1) is 0 Å². The lowest BCUT2D eigenvalue weighted by molar-refractivity contribution is 1.10. The summed E-state index contributed by atoms with van der Waals surface area (Å²) in [5.74, 6) is 0. The Labute approximate surface area is 52.0 Å². The second kappa shape index (κ2) is 5.27. The molecule has 0 aromatic rings. The maximum atomic E-state index is 2.88. The van der Waals surface area contributed by atoms with Crippen LogP contribution in [0.2, 0.25) is 0 Å². The Morgan fingerprint density at radius 2 is 2.50 bits per heavy atom. The summed E-state index contributed by atoms with van der Waals surface area (Å²) in [4.78, 5) is 0. The van der Waals surface area contributed by atoms with Gasteiger partial charge < -0.3 is 5.32 Å². The van der Waals surface area contributed by atoms with Gasteiger partial charge in [-0.3, -0.25) is 0 Å². The van der Waals surface area contributed by atoms with Crippen LogP contribution in [0.25, 0.3) is 0 Å². The van der Waals surface area contributed by atoms with Crippen LogP contribution in [0.4, 0.5) is 0 Å². The summed E-state index contributed by atoms with van der Waals surface area (Å²) in [6.45, 7) is 0. The maximum Gasteiger partial charge on any atom is 0.0192 e. The quantitative estimate of drug-likeness (QED) is 0.517. The Kier molecular flexibility index (Phi) is 5.51. The van der Waals surface area contributed by atoms with Crippen LogP contribution in [0.1, 0.15) is 0 Å². The van der Waals surface area contributed by atoms with Crippen LogP contribution in [-0.4, -0.2) is 11.5 Å². The smallest absolute Gasteiger partial charge is 0.0192 e. The van der Waals surface area contributed by atoms with E-state index in [0.29, 0.717) is 0 Å². The SMILES string of the molecule is CN/C=C/CI. The van der Waals surface area contributed by atoms with Crippen molar-refractivity contribution in [3.63, 3.8) is 0 Å². The van der Waals surface area contributed by atoms with Crippen LogP contribution in [-0.2, 0) is 0 Å². The van der Waals surface area contributed by atoms with Gasteiger partial charge in [0.15, 0.2) is 0 Å². The molecule has 0 amide bonds. The number of allylic oxidation sites excluding steroid dienone is 1. The third-order valence-corrected chi connectivity index (χ3v) is 0.882. The summed E-state index contributed by atoms with van der Waals surface area (Å²) < 4.78 is 1.08. The molecule has 0 bridgehead atoms. The molecule has 0 saturated heterocycles. The van der Waals surface area contributed by atoms with Crippen LogP contribution < -0.4 is 5.32 Å². The van der Waals surface area contributed by atoms with E-state index in [0.717, 1.165) is 4.43 Å². The molecule has 0 spiro atoms. The van der Waals surface area contributed by atoms with Crippen molar-refractivity contribution in [2.75, 3.05) is 11.5 Å². The van der Waals surface area contributed by atoms with Crippen molar-refractivity contribution in [3.05, 3.63) is 12.3 Å². The summed E-state index contributed by atoms with van der Waals surface area (Å²) in [6, 6.07) is 0. The first kappa shape index (κ1) is 6.27. The molecule has 1 N–H and O–H groups in total. The largest absolute Gasteiger partial charge is 0.394 e. The lowest BCUT2D eigenvalue weighted by atomic mass is 10.7. The van der Waals surface area contributed by atoms with E-state index in [1.54, 1.807) is 0 Å². The van der Waals surface area contributed by atoms with Gasteiger partial charge in [-0.05, 0) is 6.20 Å². The van der Waals surface area contributed by atoms with Crippen LogP contribution in [0, 0.1) is 0 Å². The number of rotatable bonds is 2. The Balaban J connectivity index is 2.73. The predicted octanol–water partition coefficient (Wildman–Crippen LogP) is 1.15. The minimum absolute atomic E-state index is 1.08. The van der Waals surface area contributed by atoms with Gasteiger partial charge in [0.1, 0.15) is 0 Å². The lowest BCUT2D eigenvalue weighted by Crippen LogP contribution is -1.90. The average Bonchev–Trinajstić information content (AvgIpc) is 1.61. The van der Waals surface area contributed by atoms with Crippen LogP contribution in [0.5, 0.6) is 0 Å². The van der Waals surface area contributed by atoms with Gasteiger partial charge in [0.2, 0.25) is 0 Å². The van der Waals surface area contributed by atoms with E-state index >= 15 is 0 Å². The van der Waals surface area contributed by atoms with Gasteiger partial charge in [0.05, 0.1) is 0 Å². The molecule has 0 aromatic carbocycles. The molecule has 0 saturated carbocycles. The standard InChI is InChI=1S/C4H8IN/c1-6-4-2-3-5/h2,4,6H,3H2,1H3/b4-2+. The molecule has 2 heteroatoms. The topological polar surface area (TPSA) is 12.0 Å². The average molecular weight is 197 g/mol. The minimum atomic E-state index is 1.08. The zero-order valence-corrected chi connectivity index (χ0v) is 5.90. The number of hydrogen-bond acceptors (Lipinski definition) is 1. The zero-order chi connectivity index (χ0) is 4.83. The van der Waals surface area contributed by atoms with Gasteiger partial charge >= 0.3 is 0 Å². The maximum absolute atomic E-state index is 2.88. The minimum Gasteiger partial charge on any atom is -0.394 e. The molecule has 0 aromatic heterocycles. The highest BCUT2D eigenvalue weighted by Gasteiger charge is 1.58. The predicted molar refractivity (Wildman–Crippen MR) is 37.1 cm³/mol. The first-order valence-corrected chi connectivity index (χ1v) is 3.32. The molecular formula is C4H8IN. The fraction of sp³-hybridized carbons (Fsp3) is 0.500. The van der Waals surface area contributed by atoms with Crippen molar-refractivity contribution < 1.29 is 0 Å². The summed E-state index contributed by atoms with van der Waals surface area (Å²) in [5, 5.41) is 2.88. The highest BCUT2D eigenvalue weighted by atomic mass is 127. The normalized spacial score (nSPS) is 9.67. The molecule has 0 aliphatic carbocycles. The van der Waals surface area contributed by atoms with Crippen LogP contribution >= 0.6 is 22.6 Å². The third kappa shape index (κ3) is 4.27. The Morgan fingerprint density at radius 3 is 2.67 bits per heavy atom. The molecule has 6 heavy (non-hydrogen) atoms. The Bertz CT molecular complexity index is 36.8. The highest BCUT2D eigenvalue weighted by molar-refractivity contribution is 14.1. The van der Waals surface area contributed by atoms with E-state index in [2.05, 4.69) is 34.0 Å². The molecule has 0 heterocycles. The van der Waals surface area contributed by atoms with Gasteiger partial charge in [-0.25, -0.2) is 0 Å². The monoisotopic (exact) mass is 197 g/mol. The molecule has 0 rings (SSSR count). The Hall–Kier alpha value is 0.270. The second-order valence-corrected chi connectivity index (χ2v) is 1.73. The van der Waals surface area contributed by atoms with Crippen LogP contribution in [0.3, 0.4) is 0 Å². The molecule has 0 aliphatic heterocycles. The Morgan fingerprint density at radius 1 is 1.83 bits per heavy atom. The third-order valence-electron chi connectivity index (χ3n) is 0.374. The number of hydrogen-bond donors (Lipinski definition) is 1. The summed E-state index contributed by atoms with van der Waals surface area (Å²) in [5.41, 5.74) is 0. The van der Waals surface area contributed by atoms with E-state index in [9.17, 15) is 0 Å². The van der Waals surface area contributed by atoms with E-state index in [1.165, 1.54) is 0 Å². The van der Waals surface area contributed by atoms with E-state index in [1.807, 2.05) is 13.2 Å².